The van der Waals surface area contributed by atoms with Gasteiger partial charge in [0, 0.05) is 11.4 Å². The first kappa shape index (κ1) is 13.2. The van der Waals surface area contributed by atoms with Crippen LogP contribution in [-0.2, 0) is 11.9 Å². The van der Waals surface area contributed by atoms with Crippen molar-refractivity contribution in [3.63, 3.8) is 0 Å². The lowest BCUT2D eigenvalue weighted by Crippen LogP contribution is -2.06. The number of rotatable bonds is 3. The largest absolute Gasteiger partial charge is 0.416 e. The summed E-state index contributed by atoms with van der Waals surface area (Å²) in [6.07, 6.45) is -4.32. The van der Waals surface area contributed by atoms with E-state index in [4.69, 9.17) is 5.73 Å². The van der Waals surface area contributed by atoms with E-state index in [1.807, 2.05) is 13.8 Å². The van der Waals surface area contributed by atoms with Crippen molar-refractivity contribution in [1.29, 1.82) is 0 Å². The van der Waals surface area contributed by atoms with Gasteiger partial charge in [-0.1, -0.05) is 19.9 Å². The third-order valence-electron chi connectivity index (χ3n) is 2.05. The van der Waals surface area contributed by atoms with Gasteiger partial charge in [0.15, 0.2) is 0 Å². The molecule has 0 spiro atoms. The molecule has 0 heterocycles. The maximum atomic E-state index is 12.4. The van der Waals surface area contributed by atoms with Gasteiger partial charge in [-0.05, 0) is 22.9 Å². The molecule has 0 aliphatic heterocycles. The molecule has 0 aliphatic rings. The zero-order valence-electron chi connectivity index (χ0n) is 9.14. The minimum Gasteiger partial charge on any atom is -0.398 e. The third-order valence-corrected chi connectivity index (χ3v) is 3.19. The molecule has 1 aromatic carbocycles. The summed E-state index contributed by atoms with van der Waals surface area (Å²) in [6, 6.07) is 3.52. The molecule has 0 saturated carbocycles. The molecule has 1 nitrogen and oxygen atoms in total. The first-order chi connectivity index (χ1) is 7.30. The van der Waals surface area contributed by atoms with E-state index in [-0.39, 0.29) is 5.69 Å². The molecule has 0 aromatic heterocycles. The van der Waals surface area contributed by atoms with Gasteiger partial charge in [0.05, 0.1) is 5.56 Å². The molecule has 0 amide bonds. The maximum Gasteiger partial charge on any atom is 0.416 e. The molecule has 0 unspecified atom stereocenters. The van der Waals surface area contributed by atoms with Gasteiger partial charge in [-0.25, -0.2) is 0 Å². The van der Waals surface area contributed by atoms with Crippen LogP contribution in [0.2, 0.25) is 0 Å². The lowest BCUT2D eigenvalue weighted by atomic mass is 10.1. The van der Waals surface area contributed by atoms with E-state index in [2.05, 4.69) is 0 Å². The van der Waals surface area contributed by atoms with Gasteiger partial charge in [0.2, 0.25) is 0 Å². The monoisotopic (exact) mass is 249 g/mol. The zero-order chi connectivity index (χ0) is 12.3. The average molecular weight is 249 g/mol. The molecular formula is C11H14F3NS. The number of hydrogen-bond donors (Lipinski definition) is 1. The second kappa shape index (κ2) is 4.99. The van der Waals surface area contributed by atoms with E-state index in [0.29, 0.717) is 11.0 Å². The van der Waals surface area contributed by atoms with Crippen LogP contribution in [0.15, 0.2) is 18.2 Å². The SMILES string of the molecule is CC(C)SCc1ccc(C(F)(F)F)cc1N. The first-order valence-electron chi connectivity index (χ1n) is 4.88. The summed E-state index contributed by atoms with van der Waals surface area (Å²) in [5, 5.41) is 0.432. The smallest absolute Gasteiger partial charge is 0.398 e. The van der Waals surface area contributed by atoms with Gasteiger partial charge in [-0.15, -0.1) is 0 Å². The molecule has 16 heavy (non-hydrogen) atoms. The van der Waals surface area contributed by atoms with Crippen molar-refractivity contribution in [2.45, 2.75) is 31.0 Å². The Hall–Kier alpha value is -0.840. The van der Waals surface area contributed by atoms with E-state index >= 15 is 0 Å². The summed E-state index contributed by atoms with van der Waals surface area (Å²) >= 11 is 1.65. The summed E-state index contributed by atoms with van der Waals surface area (Å²) in [5.74, 6) is 0.641. The van der Waals surface area contributed by atoms with Crippen LogP contribution in [0.4, 0.5) is 18.9 Å². The molecule has 0 atom stereocenters. The standard InChI is InChI=1S/C11H14F3NS/c1-7(2)16-6-8-3-4-9(5-10(8)15)11(12,13)14/h3-5,7H,6,15H2,1-2H3. The van der Waals surface area contributed by atoms with Crippen molar-refractivity contribution in [1.82, 2.24) is 0 Å². The van der Waals surface area contributed by atoms with Gasteiger partial charge >= 0.3 is 6.18 Å². The predicted octanol–water partition coefficient (Wildman–Crippen LogP) is 3.93. The molecular weight excluding hydrogens is 235 g/mol. The van der Waals surface area contributed by atoms with Crippen molar-refractivity contribution in [2.24, 2.45) is 0 Å². The number of thioether (sulfide) groups is 1. The van der Waals surface area contributed by atoms with Crippen LogP contribution < -0.4 is 5.73 Å². The second-order valence-corrected chi connectivity index (χ2v) is 5.34. The fraction of sp³-hybridized carbons (Fsp3) is 0.455. The molecule has 90 valence electrons. The highest BCUT2D eigenvalue weighted by molar-refractivity contribution is 7.99. The number of halogens is 3. The van der Waals surface area contributed by atoms with Crippen LogP contribution >= 0.6 is 11.8 Å². The number of nitrogen functional groups attached to an aromatic ring is 1. The minimum atomic E-state index is -4.32. The lowest BCUT2D eigenvalue weighted by Gasteiger charge is -2.11. The van der Waals surface area contributed by atoms with Crippen molar-refractivity contribution in [2.75, 3.05) is 5.73 Å². The maximum absolute atomic E-state index is 12.4. The van der Waals surface area contributed by atoms with E-state index in [9.17, 15) is 13.2 Å². The molecule has 0 bridgehead atoms. The Balaban J connectivity index is 2.84. The quantitative estimate of drug-likeness (QED) is 0.821. The highest BCUT2D eigenvalue weighted by Gasteiger charge is 2.30. The molecule has 0 radical (unpaired) electrons. The molecule has 1 aromatic rings. The summed E-state index contributed by atoms with van der Waals surface area (Å²) in [7, 11) is 0. The van der Waals surface area contributed by atoms with Gasteiger partial charge in [-0.3, -0.25) is 0 Å². The Kier molecular flexibility index (Phi) is 4.13. The van der Waals surface area contributed by atoms with Crippen LogP contribution in [0.1, 0.15) is 25.0 Å². The Morgan fingerprint density at radius 1 is 1.31 bits per heavy atom. The van der Waals surface area contributed by atoms with Gasteiger partial charge in [0.25, 0.3) is 0 Å². The third kappa shape index (κ3) is 3.63. The second-order valence-electron chi connectivity index (χ2n) is 3.77. The molecule has 0 fully saturated rings. The number of alkyl halides is 3. The van der Waals surface area contributed by atoms with Crippen LogP contribution in [0.25, 0.3) is 0 Å². The molecule has 0 aliphatic carbocycles. The van der Waals surface area contributed by atoms with Gasteiger partial charge in [0.1, 0.15) is 0 Å². The van der Waals surface area contributed by atoms with E-state index < -0.39 is 11.7 Å². The van der Waals surface area contributed by atoms with E-state index in [1.54, 1.807) is 11.8 Å². The molecule has 5 heteroatoms. The van der Waals surface area contributed by atoms with Crippen molar-refractivity contribution in [3.05, 3.63) is 29.3 Å². The van der Waals surface area contributed by atoms with Crippen LogP contribution in [0, 0.1) is 0 Å². The lowest BCUT2D eigenvalue weighted by molar-refractivity contribution is -0.137. The van der Waals surface area contributed by atoms with Crippen LogP contribution in [0.5, 0.6) is 0 Å². The zero-order valence-corrected chi connectivity index (χ0v) is 9.95. The number of benzene rings is 1. The first-order valence-corrected chi connectivity index (χ1v) is 5.93. The van der Waals surface area contributed by atoms with Crippen LogP contribution in [-0.4, -0.2) is 5.25 Å². The highest BCUT2D eigenvalue weighted by atomic mass is 32.2. The fourth-order valence-corrected chi connectivity index (χ4v) is 1.93. The normalized spacial score (nSPS) is 12.1. The topological polar surface area (TPSA) is 26.0 Å². The Labute approximate surface area is 97.2 Å². The predicted molar refractivity (Wildman–Crippen MR) is 62.3 cm³/mol. The van der Waals surface area contributed by atoms with E-state index in [1.165, 1.54) is 6.07 Å². The Bertz CT molecular complexity index is 361. The highest BCUT2D eigenvalue weighted by Crippen LogP contribution is 2.32. The molecule has 2 N–H and O–H groups in total. The van der Waals surface area contributed by atoms with Gasteiger partial charge < -0.3 is 5.73 Å². The van der Waals surface area contributed by atoms with E-state index in [0.717, 1.165) is 17.7 Å². The fourth-order valence-electron chi connectivity index (χ4n) is 1.16. The number of anilines is 1. The number of hydrogen-bond acceptors (Lipinski definition) is 2. The summed E-state index contributed by atoms with van der Waals surface area (Å²) in [6.45, 7) is 4.07. The van der Waals surface area contributed by atoms with Crippen molar-refractivity contribution < 1.29 is 13.2 Å². The Morgan fingerprint density at radius 3 is 2.38 bits per heavy atom. The molecule has 1 rings (SSSR count). The summed E-state index contributed by atoms with van der Waals surface area (Å²) in [5.41, 5.74) is 5.87. The average Bonchev–Trinajstić information content (AvgIpc) is 2.14. The number of nitrogens with two attached hydrogens (primary N) is 1. The Morgan fingerprint density at radius 2 is 1.94 bits per heavy atom. The van der Waals surface area contributed by atoms with Crippen molar-refractivity contribution in [3.8, 4) is 0 Å². The summed E-state index contributed by atoms with van der Waals surface area (Å²) < 4.78 is 37.1. The van der Waals surface area contributed by atoms with Crippen molar-refractivity contribution >= 4 is 17.4 Å². The minimum absolute atomic E-state index is 0.211. The summed E-state index contributed by atoms with van der Waals surface area (Å²) in [4.78, 5) is 0. The van der Waals surface area contributed by atoms with Crippen LogP contribution in [0.3, 0.4) is 0 Å². The molecule has 0 saturated heterocycles. The van der Waals surface area contributed by atoms with Gasteiger partial charge in [-0.2, -0.15) is 24.9 Å².